The molecule has 0 saturated carbocycles. The fourth-order valence-electron chi connectivity index (χ4n) is 4.40. The molecule has 2 heterocycles. The van der Waals surface area contributed by atoms with Crippen LogP contribution in [0.1, 0.15) is 60.0 Å². The number of primary amides is 1. The first kappa shape index (κ1) is 24.7. The van der Waals surface area contributed by atoms with Crippen LogP contribution >= 0.6 is 11.3 Å². The average Bonchev–Trinajstić information content (AvgIpc) is 3.42. The topological polar surface area (TPSA) is 131 Å². The number of nitrogens with zero attached hydrogens (tertiary/aromatic N) is 1. The summed E-state index contributed by atoms with van der Waals surface area (Å²) < 4.78 is 5.73. The normalized spacial score (nSPS) is 19.1. The van der Waals surface area contributed by atoms with Crippen LogP contribution in [-0.2, 0) is 28.0 Å². The van der Waals surface area contributed by atoms with Crippen LogP contribution in [0, 0.1) is 5.92 Å². The van der Waals surface area contributed by atoms with Gasteiger partial charge in [0.2, 0.25) is 5.91 Å². The van der Waals surface area contributed by atoms with Gasteiger partial charge in [-0.25, -0.2) is 4.79 Å². The van der Waals surface area contributed by atoms with Gasteiger partial charge in [-0.05, 0) is 61.8 Å². The molecule has 1 fully saturated rings. The summed E-state index contributed by atoms with van der Waals surface area (Å²) in [7, 11) is 0. The Balaban J connectivity index is 1.43. The highest BCUT2D eigenvalue weighted by atomic mass is 32.1. The van der Waals surface area contributed by atoms with Crippen molar-refractivity contribution in [3.63, 3.8) is 0 Å². The molecule has 10 heteroatoms. The summed E-state index contributed by atoms with van der Waals surface area (Å²) in [6, 6.07) is 6.33. The van der Waals surface area contributed by atoms with Gasteiger partial charge in [0.1, 0.15) is 22.8 Å². The SMILES string of the molecule is CC(C)CCOc1ccc(C2(C)NC(=O)N(CC(=O)Nc3sc4c(c3C(N)=O)CCC4)C2=O)cc1. The van der Waals surface area contributed by atoms with E-state index in [4.69, 9.17) is 10.5 Å². The number of ether oxygens (including phenoxy) is 1. The summed E-state index contributed by atoms with van der Waals surface area (Å²) in [5.74, 6) is -0.493. The number of carbonyl (C=O) groups is 4. The molecular formula is C25H30N4O5S. The van der Waals surface area contributed by atoms with Crippen molar-refractivity contribution in [2.45, 2.75) is 52.0 Å². The molecule has 0 spiro atoms. The first-order valence-electron chi connectivity index (χ1n) is 11.7. The molecule has 1 aromatic heterocycles. The summed E-state index contributed by atoms with van der Waals surface area (Å²) in [4.78, 5) is 52.5. The molecule has 35 heavy (non-hydrogen) atoms. The monoisotopic (exact) mass is 498 g/mol. The van der Waals surface area contributed by atoms with Crippen molar-refractivity contribution in [1.29, 1.82) is 0 Å². The summed E-state index contributed by atoms with van der Waals surface area (Å²) in [6.07, 6.45) is 3.46. The van der Waals surface area contributed by atoms with Crippen molar-refractivity contribution < 1.29 is 23.9 Å². The number of fused-ring (bicyclic) bond motifs is 1. The second-order valence-corrected chi connectivity index (χ2v) is 10.6. The molecule has 2 aliphatic rings. The summed E-state index contributed by atoms with van der Waals surface area (Å²) in [5.41, 5.74) is 6.03. The molecule has 5 amide bonds. The lowest BCUT2D eigenvalue weighted by molar-refractivity contribution is -0.133. The summed E-state index contributed by atoms with van der Waals surface area (Å²) >= 11 is 1.32. The highest BCUT2D eigenvalue weighted by molar-refractivity contribution is 7.17. The van der Waals surface area contributed by atoms with E-state index >= 15 is 0 Å². The maximum Gasteiger partial charge on any atom is 0.325 e. The minimum Gasteiger partial charge on any atom is -0.494 e. The summed E-state index contributed by atoms with van der Waals surface area (Å²) in [5, 5.41) is 5.75. The third kappa shape index (κ3) is 4.88. The Kier molecular flexibility index (Phi) is 6.84. The number of anilines is 1. The van der Waals surface area contributed by atoms with E-state index < -0.39 is 35.8 Å². The second kappa shape index (κ2) is 9.69. The van der Waals surface area contributed by atoms with E-state index in [1.165, 1.54) is 11.3 Å². The predicted octanol–water partition coefficient (Wildman–Crippen LogP) is 3.17. The molecule has 4 N–H and O–H groups in total. The Hall–Kier alpha value is -3.40. The number of hydrogen-bond acceptors (Lipinski definition) is 6. The zero-order chi connectivity index (χ0) is 25.3. The molecule has 1 atom stereocenters. The maximum absolute atomic E-state index is 13.2. The number of thiophene rings is 1. The van der Waals surface area contributed by atoms with Crippen molar-refractivity contribution >= 4 is 40.1 Å². The highest BCUT2D eigenvalue weighted by Gasteiger charge is 2.49. The van der Waals surface area contributed by atoms with Gasteiger partial charge in [-0.2, -0.15) is 0 Å². The van der Waals surface area contributed by atoms with E-state index in [2.05, 4.69) is 24.5 Å². The van der Waals surface area contributed by atoms with Crippen LogP contribution in [0.25, 0.3) is 0 Å². The van der Waals surface area contributed by atoms with Crippen LogP contribution < -0.4 is 21.1 Å². The van der Waals surface area contributed by atoms with Crippen molar-refractivity contribution in [3.8, 4) is 5.75 Å². The van der Waals surface area contributed by atoms with Crippen LogP contribution in [0.2, 0.25) is 0 Å². The molecule has 2 aromatic rings. The van der Waals surface area contributed by atoms with Gasteiger partial charge in [0, 0.05) is 4.88 Å². The number of rotatable bonds is 9. The number of carbonyl (C=O) groups excluding carboxylic acids is 4. The van der Waals surface area contributed by atoms with E-state index in [0.29, 0.717) is 34.4 Å². The van der Waals surface area contributed by atoms with Crippen molar-refractivity contribution in [1.82, 2.24) is 10.2 Å². The van der Waals surface area contributed by atoms with E-state index in [0.717, 1.165) is 41.0 Å². The Morgan fingerprint density at radius 2 is 1.94 bits per heavy atom. The number of aryl methyl sites for hydroxylation is 1. The van der Waals surface area contributed by atoms with Gasteiger partial charge in [-0.3, -0.25) is 19.3 Å². The van der Waals surface area contributed by atoms with E-state index in [1.54, 1.807) is 31.2 Å². The number of hydrogen-bond donors (Lipinski definition) is 3. The summed E-state index contributed by atoms with van der Waals surface area (Å²) in [6.45, 7) is 5.97. The first-order chi connectivity index (χ1) is 16.6. The third-order valence-corrected chi connectivity index (χ3v) is 7.60. The van der Waals surface area contributed by atoms with Crippen LogP contribution in [0.4, 0.5) is 9.80 Å². The van der Waals surface area contributed by atoms with E-state index in [1.807, 2.05) is 0 Å². The molecule has 1 aliphatic heterocycles. The lowest BCUT2D eigenvalue weighted by atomic mass is 9.92. The number of benzene rings is 1. The smallest absolute Gasteiger partial charge is 0.325 e. The zero-order valence-corrected chi connectivity index (χ0v) is 20.9. The number of nitrogens with one attached hydrogen (secondary N) is 2. The van der Waals surface area contributed by atoms with E-state index in [-0.39, 0.29) is 0 Å². The highest BCUT2D eigenvalue weighted by Crippen LogP contribution is 2.39. The van der Waals surface area contributed by atoms with Gasteiger partial charge in [-0.1, -0.05) is 26.0 Å². The Bertz CT molecular complexity index is 1170. The van der Waals surface area contributed by atoms with Gasteiger partial charge in [0.25, 0.3) is 11.8 Å². The molecule has 1 unspecified atom stereocenters. The first-order valence-corrected chi connectivity index (χ1v) is 12.5. The number of imide groups is 1. The quantitative estimate of drug-likeness (QED) is 0.457. The van der Waals surface area contributed by atoms with Crippen LogP contribution in [0.5, 0.6) is 5.75 Å². The van der Waals surface area contributed by atoms with Gasteiger partial charge < -0.3 is 21.1 Å². The van der Waals surface area contributed by atoms with Crippen molar-refractivity contribution in [3.05, 3.63) is 45.8 Å². The molecule has 9 nitrogen and oxygen atoms in total. The van der Waals surface area contributed by atoms with Crippen LogP contribution in [-0.4, -0.2) is 41.8 Å². The number of urea groups is 1. The number of amides is 5. The van der Waals surface area contributed by atoms with Crippen LogP contribution in [0.15, 0.2) is 24.3 Å². The zero-order valence-electron chi connectivity index (χ0n) is 20.1. The fraction of sp³-hybridized carbons (Fsp3) is 0.440. The maximum atomic E-state index is 13.2. The Morgan fingerprint density at radius 3 is 2.60 bits per heavy atom. The third-order valence-electron chi connectivity index (χ3n) is 6.39. The minimum absolute atomic E-state index is 0.327. The van der Waals surface area contributed by atoms with Crippen molar-refractivity contribution in [2.75, 3.05) is 18.5 Å². The van der Waals surface area contributed by atoms with Crippen LogP contribution in [0.3, 0.4) is 0 Å². The molecule has 0 bridgehead atoms. The van der Waals surface area contributed by atoms with E-state index in [9.17, 15) is 19.2 Å². The Labute approximate surface area is 208 Å². The minimum atomic E-state index is -1.31. The molecule has 1 aromatic carbocycles. The Morgan fingerprint density at radius 1 is 1.23 bits per heavy atom. The molecule has 1 aliphatic carbocycles. The average molecular weight is 499 g/mol. The fourth-order valence-corrected chi connectivity index (χ4v) is 5.71. The lowest BCUT2D eigenvalue weighted by Crippen LogP contribution is -2.42. The molecule has 0 radical (unpaired) electrons. The lowest BCUT2D eigenvalue weighted by Gasteiger charge is -2.22. The largest absolute Gasteiger partial charge is 0.494 e. The van der Waals surface area contributed by atoms with Crippen molar-refractivity contribution in [2.24, 2.45) is 11.7 Å². The van der Waals surface area contributed by atoms with Gasteiger partial charge in [0.15, 0.2) is 0 Å². The van der Waals surface area contributed by atoms with Gasteiger partial charge in [-0.15, -0.1) is 11.3 Å². The molecular weight excluding hydrogens is 468 g/mol. The van der Waals surface area contributed by atoms with Gasteiger partial charge in [0.05, 0.1) is 12.2 Å². The molecule has 186 valence electrons. The standard InChI is InChI=1S/C25H30N4O5S/c1-14(2)11-12-34-16-9-7-15(8-10-16)25(3)23(32)29(24(33)28-25)13-19(30)27-22-20(21(26)31)17-5-4-6-18(17)35-22/h7-10,14H,4-6,11-13H2,1-3H3,(H2,26,31)(H,27,30)(H,28,33). The predicted molar refractivity (Wildman–Crippen MR) is 132 cm³/mol. The number of nitrogens with two attached hydrogens (primary N) is 1. The second-order valence-electron chi connectivity index (χ2n) is 9.48. The van der Waals surface area contributed by atoms with Gasteiger partial charge >= 0.3 is 6.03 Å². The molecule has 1 saturated heterocycles. The molecule has 4 rings (SSSR count).